The van der Waals surface area contributed by atoms with Gasteiger partial charge in [-0.2, -0.15) is 0 Å². The predicted molar refractivity (Wildman–Crippen MR) is 81.1 cm³/mol. The molecule has 2 atom stereocenters. The summed E-state index contributed by atoms with van der Waals surface area (Å²) in [7, 11) is 0. The van der Waals surface area contributed by atoms with Crippen LogP contribution < -0.4 is 10.6 Å². The van der Waals surface area contributed by atoms with Crippen LogP contribution in [0.15, 0.2) is 24.3 Å². The number of ether oxygens (including phenoxy) is 1. The lowest BCUT2D eigenvalue weighted by Gasteiger charge is -2.20. The van der Waals surface area contributed by atoms with E-state index in [1.54, 1.807) is 0 Å². The van der Waals surface area contributed by atoms with Gasteiger partial charge in [0.05, 0.1) is 12.2 Å². The number of rotatable bonds is 6. The zero-order valence-corrected chi connectivity index (χ0v) is 12.3. The van der Waals surface area contributed by atoms with Gasteiger partial charge < -0.3 is 15.4 Å². The van der Waals surface area contributed by atoms with Crippen LogP contribution in [0, 0.1) is 5.92 Å². The highest BCUT2D eigenvalue weighted by molar-refractivity contribution is 5.99. The molecule has 0 bridgehead atoms. The Bertz CT molecular complexity index is 442. The zero-order chi connectivity index (χ0) is 14.4. The van der Waals surface area contributed by atoms with Gasteiger partial charge in [0.2, 0.25) is 0 Å². The van der Waals surface area contributed by atoms with Gasteiger partial charge in [-0.1, -0.05) is 19.1 Å². The highest BCUT2D eigenvalue weighted by Gasteiger charge is 2.24. The molecule has 110 valence electrons. The summed E-state index contributed by atoms with van der Waals surface area (Å²) < 4.78 is 5.38. The van der Waals surface area contributed by atoms with Crippen molar-refractivity contribution in [1.82, 2.24) is 5.32 Å². The molecular weight excluding hydrogens is 252 g/mol. The van der Waals surface area contributed by atoms with E-state index in [4.69, 9.17) is 4.74 Å². The second kappa shape index (κ2) is 7.29. The summed E-state index contributed by atoms with van der Waals surface area (Å²) in [6.07, 6.45) is 2.06. The van der Waals surface area contributed by atoms with Crippen molar-refractivity contribution in [3.05, 3.63) is 29.8 Å². The van der Waals surface area contributed by atoms with Crippen LogP contribution in [0.1, 0.15) is 37.0 Å². The Morgan fingerprint density at radius 1 is 1.45 bits per heavy atom. The molecule has 0 aromatic heterocycles. The summed E-state index contributed by atoms with van der Waals surface area (Å²) in [5.41, 5.74) is 1.62. The third-order valence-corrected chi connectivity index (χ3v) is 3.77. The zero-order valence-electron chi connectivity index (χ0n) is 12.3. The maximum absolute atomic E-state index is 12.4. The van der Waals surface area contributed by atoms with E-state index in [1.165, 1.54) is 0 Å². The fourth-order valence-corrected chi connectivity index (χ4v) is 2.44. The fraction of sp³-hybridized carbons (Fsp3) is 0.562. The van der Waals surface area contributed by atoms with Gasteiger partial charge in [-0.15, -0.1) is 0 Å². The molecule has 4 nitrogen and oxygen atoms in total. The maximum atomic E-state index is 12.4. The SMILES string of the molecule is CCCNc1ccccc1C(=O)NC(C)C1CCOC1. The van der Waals surface area contributed by atoms with Crippen LogP contribution in [-0.2, 0) is 4.74 Å². The topological polar surface area (TPSA) is 50.4 Å². The predicted octanol–water partition coefficient (Wildman–Crippen LogP) is 2.66. The number of amides is 1. The van der Waals surface area contributed by atoms with Crippen LogP contribution >= 0.6 is 0 Å². The number of para-hydroxylation sites is 1. The van der Waals surface area contributed by atoms with Crippen molar-refractivity contribution in [2.24, 2.45) is 5.92 Å². The number of carbonyl (C=O) groups is 1. The van der Waals surface area contributed by atoms with Gasteiger partial charge in [-0.05, 0) is 31.9 Å². The van der Waals surface area contributed by atoms with Crippen LogP contribution in [-0.4, -0.2) is 31.7 Å². The van der Waals surface area contributed by atoms with Crippen LogP contribution in [0.25, 0.3) is 0 Å². The molecule has 0 radical (unpaired) electrons. The van der Waals surface area contributed by atoms with Crippen molar-refractivity contribution in [2.45, 2.75) is 32.7 Å². The third kappa shape index (κ3) is 3.73. The monoisotopic (exact) mass is 276 g/mol. The van der Waals surface area contributed by atoms with Crippen LogP contribution in [0.5, 0.6) is 0 Å². The van der Waals surface area contributed by atoms with E-state index in [2.05, 4.69) is 24.5 Å². The lowest BCUT2D eigenvalue weighted by molar-refractivity contribution is 0.0923. The van der Waals surface area contributed by atoms with Gasteiger partial charge in [0.25, 0.3) is 5.91 Å². The first-order chi connectivity index (χ1) is 9.72. The van der Waals surface area contributed by atoms with E-state index in [0.29, 0.717) is 11.5 Å². The minimum Gasteiger partial charge on any atom is -0.384 e. The summed E-state index contributed by atoms with van der Waals surface area (Å²) in [5, 5.41) is 6.40. The molecule has 1 aliphatic rings. The molecule has 0 aliphatic carbocycles. The van der Waals surface area contributed by atoms with Crippen LogP contribution in [0.2, 0.25) is 0 Å². The Hall–Kier alpha value is -1.55. The molecule has 1 aliphatic heterocycles. The first kappa shape index (κ1) is 14.9. The Morgan fingerprint density at radius 2 is 2.25 bits per heavy atom. The summed E-state index contributed by atoms with van der Waals surface area (Å²) in [4.78, 5) is 12.4. The van der Waals surface area contributed by atoms with Crippen molar-refractivity contribution in [1.29, 1.82) is 0 Å². The molecular formula is C16H24N2O2. The Kier molecular flexibility index (Phi) is 5.41. The molecule has 1 fully saturated rings. The molecule has 20 heavy (non-hydrogen) atoms. The van der Waals surface area contributed by atoms with Crippen molar-refractivity contribution >= 4 is 11.6 Å². The smallest absolute Gasteiger partial charge is 0.253 e. The molecule has 1 aromatic rings. The lowest BCUT2D eigenvalue weighted by Crippen LogP contribution is -2.38. The quantitative estimate of drug-likeness (QED) is 0.840. The number of anilines is 1. The molecule has 1 amide bonds. The Labute approximate surface area is 120 Å². The molecule has 1 saturated heterocycles. The molecule has 2 rings (SSSR count). The van der Waals surface area contributed by atoms with E-state index in [9.17, 15) is 4.79 Å². The van der Waals surface area contributed by atoms with Crippen LogP contribution in [0.3, 0.4) is 0 Å². The molecule has 1 aromatic carbocycles. The molecule has 2 unspecified atom stereocenters. The van der Waals surface area contributed by atoms with Gasteiger partial charge in [0.1, 0.15) is 0 Å². The van der Waals surface area contributed by atoms with Gasteiger partial charge in [-0.3, -0.25) is 4.79 Å². The molecule has 0 spiro atoms. The first-order valence-electron chi connectivity index (χ1n) is 7.44. The van der Waals surface area contributed by atoms with E-state index in [1.807, 2.05) is 24.3 Å². The minimum atomic E-state index is -0.0106. The van der Waals surface area contributed by atoms with Crippen molar-refractivity contribution in [2.75, 3.05) is 25.1 Å². The Balaban J connectivity index is 2.00. The average molecular weight is 276 g/mol. The molecule has 4 heteroatoms. The highest BCUT2D eigenvalue weighted by Crippen LogP contribution is 2.19. The normalized spacial score (nSPS) is 19.6. The van der Waals surface area contributed by atoms with Gasteiger partial charge in [0, 0.05) is 30.8 Å². The highest BCUT2D eigenvalue weighted by atomic mass is 16.5. The standard InChI is InChI=1S/C16H24N2O2/c1-3-9-17-15-7-5-4-6-14(15)16(19)18-12(2)13-8-10-20-11-13/h4-7,12-13,17H,3,8-11H2,1-2H3,(H,18,19). The lowest BCUT2D eigenvalue weighted by atomic mass is 10.00. The molecule has 2 N–H and O–H groups in total. The minimum absolute atomic E-state index is 0.0106. The van der Waals surface area contributed by atoms with Gasteiger partial charge in [0.15, 0.2) is 0 Å². The first-order valence-corrected chi connectivity index (χ1v) is 7.44. The van der Waals surface area contributed by atoms with E-state index < -0.39 is 0 Å². The third-order valence-electron chi connectivity index (χ3n) is 3.77. The summed E-state index contributed by atoms with van der Waals surface area (Å²) >= 11 is 0. The van der Waals surface area contributed by atoms with Gasteiger partial charge >= 0.3 is 0 Å². The number of carbonyl (C=O) groups excluding carboxylic acids is 1. The summed E-state index contributed by atoms with van der Waals surface area (Å²) in [5.74, 6) is 0.415. The van der Waals surface area contributed by atoms with Crippen molar-refractivity contribution in [3.8, 4) is 0 Å². The largest absolute Gasteiger partial charge is 0.384 e. The molecule has 0 saturated carbocycles. The number of nitrogens with one attached hydrogen (secondary N) is 2. The molecule has 1 heterocycles. The van der Waals surface area contributed by atoms with E-state index in [-0.39, 0.29) is 11.9 Å². The second-order valence-corrected chi connectivity index (χ2v) is 5.36. The number of benzene rings is 1. The van der Waals surface area contributed by atoms with Crippen molar-refractivity contribution < 1.29 is 9.53 Å². The van der Waals surface area contributed by atoms with E-state index >= 15 is 0 Å². The van der Waals surface area contributed by atoms with E-state index in [0.717, 1.165) is 38.3 Å². The van der Waals surface area contributed by atoms with Crippen LogP contribution in [0.4, 0.5) is 5.69 Å². The summed E-state index contributed by atoms with van der Waals surface area (Å²) in [6.45, 7) is 6.59. The fourth-order valence-electron chi connectivity index (χ4n) is 2.44. The van der Waals surface area contributed by atoms with Crippen molar-refractivity contribution in [3.63, 3.8) is 0 Å². The maximum Gasteiger partial charge on any atom is 0.253 e. The number of hydrogen-bond donors (Lipinski definition) is 2. The summed E-state index contributed by atoms with van der Waals surface area (Å²) in [6, 6.07) is 7.81. The average Bonchev–Trinajstić information content (AvgIpc) is 2.99. The second-order valence-electron chi connectivity index (χ2n) is 5.36. The Morgan fingerprint density at radius 3 is 2.95 bits per heavy atom. The number of hydrogen-bond acceptors (Lipinski definition) is 3. The van der Waals surface area contributed by atoms with Gasteiger partial charge in [-0.25, -0.2) is 0 Å².